The highest BCUT2D eigenvalue weighted by atomic mass is 19.1. The molecular formula is C19H17FN2O2. The lowest BCUT2D eigenvalue weighted by Crippen LogP contribution is -2.27. The van der Waals surface area contributed by atoms with E-state index in [0.29, 0.717) is 35.7 Å². The van der Waals surface area contributed by atoms with E-state index >= 15 is 0 Å². The van der Waals surface area contributed by atoms with Crippen molar-refractivity contribution < 1.29 is 13.9 Å². The van der Waals surface area contributed by atoms with Gasteiger partial charge in [0.2, 0.25) is 0 Å². The zero-order valence-corrected chi connectivity index (χ0v) is 13.3. The van der Waals surface area contributed by atoms with Gasteiger partial charge in [-0.2, -0.15) is 5.26 Å². The quantitative estimate of drug-likeness (QED) is 0.852. The number of amides is 1. The highest BCUT2D eigenvalue weighted by Gasteiger charge is 2.40. The van der Waals surface area contributed by atoms with Crippen LogP contribution in [0.5, 0.6) is 11.5 Å². The largest absolute Gasteiger partial charge is 0.456 e. The van der Waals surface area contributed by atoms with Gasteiger partial charge in [0.15, 0.2) is 6.17 Å². The van der Waals surface area contributed by atoms with Crippen molar-refractivity contribution in [3.05, 3.63) is 54.1 Å². The Hall–Kier alpha value is -2.87. The van der Waals surface area contributed by atoms with Crippen molar-refractivity contribution in [3.63, 3.8) is 0 Å². The van der Waals surface area contributed by atoms with Crippen LogP contribution in [0.3, 0.4) is 0 Å². The van der Waals surface area contributed by atoms with Gasteiger partial charge in [0.05, 0.1) is 5.56 Å². The number of alkyl halides is 1. The van der Waals surface area contributed by atoms with Gasteiger partial charge in [0.1, 0.15) is 17.6 Å². The van der Waals surface area contributed by atoms with Crippen molar-refractivity contribution in [3.8, 4) is 17.6 Å². The van der Waals surface area contributed by atoms with Crippen LogP contribution in [0.1, 0.15) is 18.9 Å². The molecule has 0 spiro atoms. The number of ether oxygens (including phenoxy) is 1. The van der Waals surface area contributed by atoms with Crippen molar-refractivity contribution in [2.24, 2.45) is 5.92 Å². The molecule has 2 aromatic rings. The number of hydrogen-bond acceptors (Lipinski definition) is 3. The predicted molar refractivity (Wildman–Crippen MR) is 88.7 cm³/mol. The Balaban J connectivity index is 1.85. The van der Waals surface area contributed by atoms with Crippen molar-refractivity contribution in [2.75, 3.05) is 11.4 Å². The first kappa shape index (κ1) is 16.0. The Bertz CT molecular complexity index is 800. The van der Waals surface area contributed by atoms with Crippen molar-refractivity contribution in [1.29, 1.82) is 5.26 Å². The first-order valence-corrected chi connectivity index (χ1v) is 7.86. The smallest absolute Gasteiger partial charge is 0.261 e. The van der Waals surface area contributed by atoms with Gasteiger partial charge >= 0.3 is 0 Å². The summed E-state index contributed by atoms with van der Waals surface area (Å²) in [5, 5.41) is 9.12. The molecule has 2 unspecified atom stereocenters. The fourth-order valence-electron chi connectivity index (χ4n) is 2.83. The molecule has 1 amide bonds. The molecule has 122 valence electrons. The maximum Gasteiger partial charge on any atom is 0.261 e. The topological polar surface area (TPSA) is 53.3 Å². The third-order valence-corrected chi connectivity index (χ3v) is 4.22. The number of halogens is 1. The third-order valence-electron chi connectivity index (χ3n) is 4.22. The summed E-state index contributed by atoms with van der Waals surface area (Å²) in [6.45, 7) is 2.25. The van der Waals surface area contributed by atoms with Gasteiger partial charge in [0.25, 0.3) is 5.91 Å². The predicted octanol–water partition coefficient (Wildman–Crippen LogP) is 4.06. The van der Waals surface area contributed by atoms with Crippen molar-refractivity contribution >= 4 is 11.6 Å². The highest BCUT2D eigenvalue weighted by Crippen LogP contribution is 2.32. The molecule has 1 heterocycles. The van der Waals surface area contributed by atoms with Crippen LogP contribution >= 0.6 is 0 Å². The Morgan fingerprint density at radius 1 is 1.29 bits per heavy atom. The number of benzene rings is 2. The second-order valence-electron chi connectivity index (χ2n) is 5.73. The fourth-order valence-corrected chi connectivity index (χ4v) is 2.83. The van der Waals surface area contributed by atoms with E-state index in [-0.39, 0.29) is 5.92 Å². The summed E-state index contributed by atoms with van der Waals surface area (Å²) in [5.74, 6) is 0.163. The number of rotatable bonds is 4. The maximum absolute atomic E-state index is 14.0. The zero-order valence-electron chi connectivity index (χ0n) is 13.3. The molecule has 2 atom stereocenters. The molecular weight excluding hydrogens is 307 g/mol. The van der Waals surface area contributed by atoms with E-state index in [1.54, 1.807) is 48.5 Å². The van der Waals surface area contributed by atoms with Gasteiger partial charge in [0, 0.05) is 24.2 Å². The molecule has 0 bridgehead atoms. The average Bonchev–Trinajstić information content (AvgIpc) is 2.90. The molecule has 1 aliphatic rings. The molecule has 0 aliphatic carbocycles. The fraction of sp³-hybridized carbons (Fsp3) is 0.263. The summed E-state index contributed by atoms with van der Waals surface area (Å²) in [6.07, 6.45) is -0.825. The number of carbonyl (C=O) groups excluding carboxylic acids is 1. The second kappa shape index (κ2) is 6.71. The standard InChI is InChI=1S/C19H17FN2O2/c1-2-13-12-22(19(23)18(13)20)15-7-5-8-16(10-15)24-17-9-4-3-6-14(17)11-21/h3-10,13,18H,2,12H2,1H3. The SMILES string of the molecule is CCC1CN(c2cccc(Oc3ccccc3C#N)c2)C(=O)C1F. The zero-order chi connectivity index (χ0) is 17.1. The molecule has 0 N–H and O–H groups in total. The summed E-state index contributed by atoms with van der Waals surface area (Å²) in [5.41, 5.74) is 1.03. The molecule has 5 heteroatoms. The molecule has 1 aliphatic heterocycles. The van der Waals surface area contributed by atoms with Crippen LogP contribution in [0.15, 0.2) is 48.5 Å². The van der Waals surface area contributed by atoms with E-state index in [1.165, 1.54) is 4.90 Å². The minimum absolute atomic E-state index is 0.276. The van der Waals surface area contributed by atoms with Gasteiger partial charge in [-0.15, -0.1) is 0 Å². The normalized spacial score (nSPS) is 20.0. The number of carbonyl (C=O) groups is 1. The van der Waals surface area contributed by atoms with Crippen LogP contribution < -0.4 is 9.64 Å². The molecule has 0 radical (unpaired) electrons. The van der Waals surface area contributed by atoms with Crippen LogP contribution in [0.2, 0.25) is 0 Å². The van der Waals surface area contributed by atoms with E-state index in [2.05, 4.69) is 6.07 Å². The van der Waals surface area contributed by atoms with Crippen LogP contribution in [0, 0.1) is 17.2 Å². The lowest BCUT2D eigenvalue weighted by atomic mass is 10.0. The van der Waals surface area contributed by atoms with Gasteiger partial charge in [-0.05, 0) is 30.7 Å². The second-order valence-corrected chi connectivity index (χ2v) is 5.73. The first-order valence-electron chi connectivity index (χ1n) is 7.86. The monoisotopic (exact) mass is 324 g/mol. The summed E-state index contributed by atoms with van der Waals surface area (Å²) in [7, 11) is 0. The van der Waals surface area contributed by atoms with E-state index in [1.807, 2.05) is 6.92 Å². The Kier molecular flexibility index (Phi) is 4.48. The first-order chi connectivity index (χ1) is 11.6. The van der Waals surface area contributed by atoms with Crippen molar-refractivity contribution in [2.45, 2.75) is 19.5 Å². The molecule has 1 saturated heterocycles. The molecule has 0 aromatic heterocycles. The van der Waals surface area contributed by atoms with Crippen molar-refractivity contribution in [1.82, 2.24) is 0 Å². The molecule has 2 aromatic carbocycles. The van der Waals surface area contributed by atoms with E-state index < -0.39 is 12.1 Å². The number of para-hydroxylation sites is 1. The minimum atomic E-state index is -1.45. The number of hydrogen-bond donors (Lipinski definition) is 0. The van der Waals surface area contributed by atoms with Gasteiger partial charge in [-0.3, -0.25) is 4.79 Å². The Morgan fingerprint density at radius 2 is 2.08 bits per heavy atom. The molecule has 1 fully saturated rings. The lowest BCUT2D eigenvalue weighted by Gasteiger charge is -2.17. The minimum Gasteiger partial charge on any atom is -0.456 e. The van der Waals surface area contributed by atoms with E-state index in [0.717, 1.165) is 0 Å². The number of nitrogens with zero attached hydrogens (tertiary/aromatic N) is 2. The maximum atomic E-state index is 14.0. The summed E-state index contributed by atoms with van der Waals surface area (Å²) < 4.78 is 19.8. The number of anilines is 1. The highest BCUT2D eigenvalue weighted by molar-refractivity contribution is 5.99. The average molecular weight is 324 g/mol. The molecule has 0 saturated carbocycles. The van der Waals surface area contributed by atoms with Crippen LogP contribution in [0.4, 0.5) is 10.1 Å². The molecule has 24 heavy (non-hydrogen) atoms. The van der Waals surface area contributed by atoms with Crippen LogP contribution in [-0.2, 0) is 4.79 Å². The van der Waals surface area contributed by atoms with Gasteiger partial charge in [-0.1, -0.05) is 25.1 Å². The lowest BCUT2D eigenvalue weighted by molar-refractivity contribution is -0.121. The van der Waals surface area contributed by atoms with E-state index in [9.17, 15) is 9.18 Å². The van der Waals surface area contributed by atoms with Crippen LogP contribution in [0.25, 0.3) is 0 Å². The van der Waals surface area contributed by atoms with Gasteiger partial charge in [-0.25, -0.2) is 4.39 Å². The molecule has 3 rings (SSSR count). The van der Waals surface area contributed by atoms with Crippen LogP contribution in [-0.4, -0.2) is 18.6 Å². The summed E-state index contributed by atoms with van der Waals surface area (Å²) in [6, 6.07) is 15.9. The Morgan fingerprint density at radius 3 is 2.79 bits per heavy atom. The third kappa shape index (κ3) is 2.95. The summed E-state index contributed by atoms with van der Waals surface area (Å²) in [4.78, 5) is 13.6. The van der Waals surface area contributed by atoms with Gasteiger partial charge < -0.3 is 9.64 Å². The number of nitriles is 1. The summed E-state index contributed by atoms with van der Waals surface area (Å²) >= 11 is 0. The molecule has 4 nitrogen and oxygen atoms in total. The Labute approximate surface area is 140 Å². The van der Waals surface area contributed by atoms with E-state index in [4.69, 9.17) is 10.00 Å².